The first-order chi connectivity index (χ1) is 10.3. The van der Waals surface area contributed by atoms with E-state index in [-0.39, 0.29) is 18.9 Å². The third-order valence-electron chi connectivity index (χ3n) is 3.56. The summed E-state index contributed by atoms with van der Waals surface area (Å²) >= 11 is 1.66. The number of amides is 1. The average molecular weight is 360 g/mol. The maximum absolute atomic E-state index is 12.1. The number of aromatic nitrogens is 2. The number of carbonyl (C=O) groups excluding carboxylic acids is 1. The maximum Gasteiger partial charge on any atom is 0.237 e. The zero-order valence-electron chi connectivity index (χ0n) is 11.8. The topological polar surface area (TPSA) is 72.3 Å². The molecule has 1 unspecified atom stereocenters. The van der Waals surface area contributed by atoms with Crippen LogP contribution < -0.4 is 4.90 Å². The van der Waals surface area contributed by atoms with Crippen molar-refractivity contribution in [3.05, 3.63) is 34.2 Å². The van der Waals surface area contributed by atoms with Gasteiger partial charge >= 0.3 is 0 Å². The van der Waals surface area contributed by atoms with Crippen molar-refractivity contribution in [1.82, 2.24) is 9.78 Å². The van der Waals surface area contributed by atoms with Crippen molar-refractivity contribution in [2.75, 3.05) is 11.4 Å². The molecule has 22 heavy (non-hydrogen) atoms. The van der Waals surface area contributed by atoms with Gasteiger partial charge in [0, 0.05) is 39.5 Å². The van der Waals surface area contributed by atoms with Gasteiger partial charge in [-0.25, -0.2) is 13.1 Å². The summed E-state index contributed by atoms with van der Waals surface area (Å²) in [7, 11) is 1.63. The first-order valence-electron chi connectivity index (χ1n) is 6.65. The fraction of sp³-hybridized carbons (Fsp3) is 0.385. The molecule has 0 aromatic carbocycles. The molecule has 1 saturated heterocycles. The van der Waals surface area contributed by atoms with Crippen molar-refractivity contribution in [3.63, 3.8) is 0 Å². The summed E-state index contributed by atoms with van der Waals surface area (Å²) in [5.41, 5.74) is 0. The second kappa shape index (κ2) is 5.68. The van der Waals surface area contributed by atoms with E-state index < -0.39 is 14.3 Å². The molecule has 1 aliphatic heterocycles. The number of carbonyl (C=O) groups is 1. The molecule has 0 N–H and O–H groups in total. The highest BCUT2D eigenvalue weighted by molar-refractivity contribution is 8.14. The molecular weight excluding hydrogens is 346 g/mol. The standard InChI is InChI=1S/C13H14ClN3O3S2/c1-9-2-3-10(21-9)7-17-12(4-5-15-17)16-8-11(6-13(16)18)22(14,19)20/h2-5,11H,6-8H2,1H3. The normalized spacial score (nSPS) is 19.1. The molecule has 0 aliphatic carbocycles. The zero-order chi connectivity index (χ0) is 15.9. The van der Waals surface area contributed by atoms with Crippen LogP contribution in [0.3, 0.4) is 0 Å². The Hall–Kier alpha value is -1.38. The van der Waals surface area contributed by atoms with Crippen molar-refractivity contribution in [1.29, 1.82) is 0 Å². The van der Waals surface area contributed by atoms with E-state index in [1.165, 1.54) is 9.78 Å². The minimum absolute atomic E-state index is 0.0693. The molecule has 2 aromatic heterocycles. The van der Waals surface area contributed by atoms with E-state index in [4.69, 9.17) is 10.7 Å². The van der Waals surface area contributed by atoms with Crippen LogP contribution in [0.5, 0.6) is 0 Å². The van der Waals surface area contributed by atoms with Gasteiger partial charge in [0.15, 0.2) is 0 Å². The number of hydrogen-bond donors (Lipinski definition) is 0. The van der Waals surface area contributed by atoms with Crippen molar-refractivity contribution in [2.45, 2.75) is 25.1 Å². The molecular formula is C13H14ClN3O3S2. The third kappa shape index (κ3) is 3.04. The predicted molar refractivity (Wildman–Crippen MR) is 85.9 cm³/mol. The number of rotatable bonds is 4. The molecule has 1 fully saturated rings. The van der Waals surface area contributed by atoms with Gasteiger partial charge in [-0.15, -0.1) is 11.3 Å². The van der Waals surface area contributed by atoms with Gasteiger partial charge in [-0.2, -0.15) is 5.10 Å². The average Bonchev–Trinajstić information content (AvgIpc) is 3.10. The highest BCUT2D eigenvalue weighted by Gasteiger charge is 2.39. The lowest BCUT2D eigenvalue weighted by Crippen LogP contribution is -2.29. The van der Waals surface area contributed by atoms with Crippen LogP contribution in [0.15, 0.2) is 24.4 Å². The summed E-state index contributed by atoms with van der Waals surface area (Å²) in [6.45, 7) is 2.64. The molecule has 118 valence electrons. The first-order valence-corrected chi connectivity index (χ1v) is 9.84. The van der Waals surface area contributed by atoms with Crippen molar-refractivity contribution in [2.24, 2.45) is 0 Å². The molecule has 6 nitrogen and oxygen atoms in total. The van der Waals surface area contributed by atoms with Crippen LogP contribution in [-0.2, 0) is 20.4 Å². The molecule has 0 saturated carbocycles. The highest BCUT2D eigenvalue weighted by Crippen LogP contribution is 2.27. The molecule has 1 aliphatic rings. The summed E-state index contributed by atoms with van der Waals surface area (Å²) in [6.07, 6.45) is 1.51. The monoisotopic (exact) mass is 359 g/mol. The summed E-state index contributed by atoms with van der Waals surface area (Å²) in [5.74, 6) is 0.345. The Morgan fingerprint density at radius 1 is 1.41 bits per heavy atom. The van der Waals surface area contributed by atoms with Gasteiger partial charge in [0.1, 0.15) is 11.1 Å². The Bertz CT molecular complexity index is 812. The fourth-order valence-corrected chi connectivity index (χ4v) is 4.38. The van der Waals surface area contributed by atoms with Gasteiger partial charge in [-0.1, -0.05) is 0 Å². The number of halogens is 1. The third-order valence-corrected chi connectivity index (χ3v) is 6.41. The molecule has 3 rings (SSSR count). The van der Waals surface area contributed by atoms with Crippen LogP contribution in [-0.4, -0.2) is 35.9 Å². The minimum Gasteiger partial charge on any atom is -0.296 e. The summed E-state index contributed by atoms with van der Waals surface area (Å²) < 4.78 is 24.6. The van der Waals surface area contributed by atoms with Crippen LogP contribution >= 0.6 is 22.0 Å². The predicted octanol–water partition coefficient (Wildman–Crippen LogP) is 1.98. The number of nitrogens with zero attached hydrogens (tertiary/aromatic N) is 3. The summed E-state index contributed by atoms with van der Waals surface area (Å²) in [4.78, 5) is 15.9. The van der Waals surface area contributed by atoms with Crippen molar-refractivity contribution >= 4 is 42.8 Å². The molecule has 1 atom stereocenters. The van der Waals surface area contributed by atoms with Crippen molar-refractivity contribution in [3.8, 4) is 0 Å². The number of hydrogen-bond acceptors (Lipinski definition) is 5. The van der Waals surface area contributed by atoms with E-state index in [0.717, 1.165) is 4.88 Å². The van der Waals surface area contributed by atoms with E-state index in [9.17, 15) is 13.2 Å². The Kier molecular flexibility index (Phi) is 4.00. The molecule has 0 spiro atoms. The van der Waals surface area contributed by atoms with Gasteiger partial charge in [0.05, 0.1) is 12.7 Å². The smallest absolute Gasteiger partial charge is 0.237 e. The first kappa shape index (κ1) is 15.5. The number of aryl methyl sites for hydroxylation is 1. The van der Waals surface area contributed by atoms with Gasteiger partial charge < -0.3 is 0 Å². The zero-order valence-corrected chi connectivity index (χ0v) is 14.2. The molecule has 0 radical (unpaired) electrons. The van der Waals surface area contributed by atoms with E-state index in [2.05, 4.69) is 5.10 Å². The SMILES string of the molecule is Cc1ccc(Cn2nccc2N2CC(S(=O)(=O)Cl)CC2=O)s1. The van der Waals surface area contributed by atoms with Crippen LogP contribution in [0, 0.1) is 6.92 Å². The van der Waals surface area contributed by atoms with Crippen LogP contribution in [0.25, 0.3) is 0 Å². The van der Waals surface area contributed by atoms with E-state index >= 15 is 0 Å². The van der Waals surface area contributed by atoms with Gasteiger partial charge in [0.25, 0.3) is 0 Å². The Morgan fingerprint density at radius 3 is 2.77 bits per heavy atom. The number of anilines is 1. The van der Waals surface area contributed by atoms with Gasteiger partial charge in [0.2, 0.25) is 15.0 Å². The largest absolute Gasteiger partial charge is 0.296 e. The Balaban J connectivity index is 1.84. The summed E-state index contributed by atoms with van der Waals surface area (Å²) in [5, 5.41) is 3.37. The lowest BCUT2D eigenvalue weighted by molar-refractivity contribution is -0.117. The minimum atomic E-state index is -3.75. The molecule has 9 heteroatoms. The van der Waals surface area contributed by atoms with Crippen LogP contribution in [0.4, 0.5) is 5.82 Å². The molecule has 2 aromatic rings. The van der Waals surface area contributed by atoms with Crippen LogP contribution in [0.1, 0.15) is 16.2 Å². The Labute approximate surface area is 136 Å². The second-order valence-electron chi connectivity index (χ2n) is 5.17. The second-order valence-corrected chi connectivity index (χ2v) is 9.45. The summed E-state index contributed by atoms with van der Waals surface area (Å²) in [6, 6.07) is 5.76. The molecule has 1 amide bonds. The highest BCUT2D eigenvalue weighted by atomic mass is 35.7. The fourth-order valence-electron chi connectivity index (χ4n) is 2.48. The maximum atomic E-state index is 12.1. The molecule has 3 heterocycles. The van der Waals surface area contributed by atoms with E-state index in [1.54, 1.807) is 28.3 Å². The van der Waals surface area contributed by atoms with Crippen LogP contribution in [0.2, 0.25) is 0 Å². The van der Waals surface area contributed by atoms with E-state index in [0.29, 0.717) is 12.4 Å². The lowest BCUT2D eigenvalue weighted by atomic mass is 10.4. The molecule has 0 bridgehead atoms. The van der Waals surface area contributed by atoms with E-state index in [1.807, 2.05) is 19.1 Å². The van der Waals surface area contributed by atoms with Gasteiger partial charge in [-0.3, -0.25) is 9.69 Å². The quantitative estimate of drug-likeness (QED) is 0.782. The number of thiophene rings is 1. The Morgan fingerprint density at radius 2 is 2.18 bits per heavy atom. The van der Waals surface area contributed by atoms with Crippen molar-refractivity contribution < 1.29 is 13.2 Å². The van der Waals surface area contributed by atoms with Gasteiger partial charge in [-0.05, 0) is 19.1 Å². The lowest BCUT2D eigenvalue weighted by Gasteiger charge is -2.17.